The highest BCUT2D eigenvalue weighted by Crippen LogP contribution is 2.69. The van der Waals surface area contributed by atoms with Crippen LogP contribution in [-0.4, -0.2) is 34.9 Å². The number of furan rings is 1. The number of hydrogen-bond donors (Lipinski definition) is 1. The second kappa shape index (κ2) is 5.41. The van der Waals surface area contributed by atoms with Crippen LogP contribution in [0.3, 0.4) is 0 Å². The fraction of sp³-hybridized carbons (Fsp3) is 0.727. The average Bonchev–Trinajstić information content (AvgIpc) is 3.19. The molecule has 1 aliphatic heterocycles. The van der Waals surface area contributed by atoms with E-state index in [-0.39, 0.29) is 35.8 Å². The van der Waals surface area contributed by atoms with Crippen LogP contribution in [0.15, 0.2) is 16.7 Å². The summed E-state index contributed by atoms with van der Waals surface area (Å²) >= 11 is 0. The van der Waals surface area contributed by atoms with E-state index in [4.69, 9.17) is 13.9 Å². The van der Waals surface area contributed by atoms with Crippen LogP contribution < -0.4 is 0 Å². The van der Waals surface area contributed by atoms with Crippen LogP contribution in [0.5, 0.6) is 0 Å². The Labute approximate surface area is 164 Å². The third-order valence-electron chi connectivity index (χ3n) is 8.61. The molecular formula is C22H28O6. The van der Waals surface area contributed by atoms with Crippen LogP contribution in [0.1, 0.15) is 64.2 Å². The van der Waals surface area contributed by atoms with Gasteiger partial charge in [-0.2, -0.15) is 0 Å². The first kappa shape index (κ1) is 18.2. The first-order valence-corrected chi connectivity index (χ1v) is 10.3. The van der Waals surface area contributed by atoms with E-state index in [2.05, 4.69) is 20.8 Å². The summed E-state index contributed by atoms with van der Waals surface area (Å²) in [6.07, 6.45) is 3.34. The monoisotopic (exact) mass is 388 g/mol. The van der Waals surface area contributed by atoms with Gasteiger partial charge in [0.2, 0.25) is 0 Å². The summed E-state index contributed by atoms with van der Waals surface area (Å²) in [6, 6.07) is 1.87. The van der Waals surface area contributed by atoms with Crippen molar-refractivity contribution in [2.75, 3.05) is 0 Å². The second-order valence-corrected chi connectivity index (χ2v) is 10.0. The summed E-state index contributed by atoms with van der Waals surface area (Å²) in [7, 11) is 0. The Morgan fingerprint density at radius 3 is 2.79 bits per heavy atom. The van der Waals surface area contributed by atoms with E-state index in [0.29, 0.717) is 19.3 Å². The summed E-state index contributed by atoms with van der Waals surface area (Å²) in [5.41, 5.74) is -1.29. The molecule has 4 aliphatic rings. The quantitative estimate of drug-likeness (QED) is 0.745. The molecule has 28 heavy (non-hydrogen) atoms. The standard InChI is InChI=1S/C22H28O6/c1-11(23)27-16-5-7-20(2,3)22(25)10-15-18-13(21(16,22)4)9-14-12(6-8-26-14)17(18)19(24)28-15/h6,8,13,15-18,25H,5,7,9-10H2,1-4H3/t13-,15-,16-,17+,18-,21-,22+/m0/s1. The molecule has 5 rings (SSSR count). The minimum atomic E-state index is -1.12. The van der Waals surface area contributed by atoms with Gasteiger partial charge >= 0.3 is 11.9 Å². The first-order valence-electron chi connectivity index (χ1n) is 10.3. The highest BCUT2D eigenvalue weighted by molar-refractivity contribution is 5.82. The second-order valence-electron chi connectivity index (χ2n) is 10.0. The third-order valence-corrected chi connectivity index (χ3v) is 8.61. The van der Waals surface area contributed by atoms with Crippen molar-refractivity contribution in [3.63, 3.8) is 0 Å². The fourth-order valence-corrected chi connectivity index (χ4v) is 7.13. The molecule has 3 aliphatic carbocycles. The Morgan fingerprint density at radius 1 is 1.32 bits per heavy atom. The number of carbonyl (C=O) groups excluding carboxylic acids is 2. The first-order chi connectivity index (χ1) is 13.1. The molecule has 1 N–H and O–H groups in total. The van der Waals surface area contributed by atoms with Crippen LogP contribution in [0.2, 0.25) is 0 Å². The van der Waals surface area contributed by atoms with Crippen molar-refractivity contribution >= 4 is 11.9 Å². The number of ether oxygens (including phenoxy) is 2. The molecule has 1 saturated heterocycles. The average molecular weight is 388 g/mol. The third kappa shape index (κ3) is 1.97. The molecule has 0 bridgehead atoms. The molecular weight excluding hydrogens is 360 g/mol. The van der Waals surface area contributed by atoms with Gasteiger partial charge in [-0.15, -0.1) is 0 Å². The zero-order chi connectivity index (χ0) is 20.1. The van der Waals surface area contributed by atoms with Crippen molar-refractivity contribution in [3.05, 3.63) is 23.7 Å². The van der Waals surface area contributed by atoms with E-state index in [9.17, 15) is 14.7 Å². The molecule has 1 aromatic rings. The maximum Gasteiger partial charge on any atom is 0.314 e. The van der Waals surface area contributed by atoms with Crippen LogP contribution in [-0.2, 0) is 25.5 Å². The Morgan fingerprint density at radius 2 is 2.07 bits per heavy atom. The molecule has 1 aromatic heterocycles. The number of aliphatic hydroxyl groups is 1. The molecule has 2 heterocycles. The van der Waals surface area contributed by atoms with Crippen molar-refractivity contribution < 1.29 is 28.6 Å². The van der Waals surface area contributed by atoms with Crippen molar-refractivity contribution in [2.24, 2.45) is 22.7 Å². The van der Waals surface area contributed by atoms with Crippen molar-refractivity contribution in [1.82, 2.24) is 0 Å². The van der Waals surface area contributed by atoms with E-state index in [1.807, 2.05) is 6.07 Å². The topological polar surface area (TPSA) is 86.0 Å². The van der Waals surface area contributed by atoms with Crippen LogP contribution in [0.4, 0.5) is 0 Å². The van der Waals surface area contributed by atoms with E-state index >= 15 is 0 Å². The number of rotatable bonds is 1. The Bertz CT molecular complexity index is 855. The van der Waals surface area contributed by atoms with Gasteiger partial charge in [0.1, 0.15) is 18.0 Å². The predicted molar refractivity (Wildman–Crippen MR) is 98.3 cm³/mol. The lowest BCUT2D eigenvalue weighted by atomic mass is 9.40. The van der Waals surface area contributed by atoms with Gasteiger partial charge in [0.05, 0.1) is 17.8 Å². The maximum atomic E-state index is 12.8. The lowest BCUT2D eigenvalue weighted by Crippen LogP contribution is -2.73. The molecule has 3 fully saturated rings. The minimum absolute atomic E-state index is 0.0326. The van der Waals surface area contributed by atoms with Crippen LogP contribution in [0.25, 0.3) is 0 Å². The van der Waals surface area contributed by atoms with Gasteiger partial charge in [-0.1, -0.05) is 20.8 Å². The van der Waals surface area contributed by atoms with E-state index in [0.717, 1.165) is 17.7 Å². The maximum absolute atomic E-state index is 12.8. The van der Waals surface area contributed by atoms with Crippen molar-refractivity contribution in [3.8, 4) is 0 Å². The number of esters is 2. The molecule has 6 nitrogen and oxygen atoms in total. The van der Waals surface area contributed by atoms with E-state index in [1.54, 1.807) is 6.26 Å². The van der Waals surface area contributed by atoms with Gasteiger partial charge in [0, 0.05) is 36.7 Å². The van der Waals surface area contributed by atoms with Crippen LogP contribution >= 0.6 is 0 Å². The normalized spacial score (nSPS) is 45.5. The van der Waals surface area contributed by atoms with Crippen molar-refractivity contribution in [1.29, 1.82) is 0 Å². The lowest BCUT2D eigenvalue weighted by molar-refractivity contribution is -0.289. The molecule has 6 heteroatoms. The zero-order valence-electron chi connectivity index (χ0n) is 16.9. The number of carbonyl (C=O) groups is 2. The molecule has 152 valence electrons. The number of hydrogen-bond acceptors (Lipinski definition) is 6. The Balaban J connectivity index is 1.70. The molecule has 0 spiro atoms. The molecule has 0 amide bonds. The van der Waals surface area contributed by atoms with Gasteiger partial charge in [-0.05, 0) is 30.2 Å². The summed E-state index contributed by atoms with van der Waals surface area (Å²) in [5, 5.41) is 12.2. The fourth-order valence-electron chi connectivity index (χ4n) is 7.13. The van der Waals surface area contributed by atoms with E-state index in [1.165, 1.54) is 6.92 Å². The Kier molecular flexibility index (Phi) is 3.52. The van der Waals surface area contributed by atoms with Crippen LogP contribution in [0, 0.1) is 22.7 Å². The molecule has 0 unspecified atom stereocenters. The molecule has 0 radical (unpaired) electrons. The van der Waals surface area contributed by atoms with Crippen molar-refractivity contribution in [2.45, 2.75) is 77.1 Å². The summed E-state index contributed by atoms with van der Waals surface area (Å²) in [5.74, 6) is -0.235. The highest BCUT2D eigenvalue weighted by Gasteiger charge is 2.74. The summed E-state index contributed by atoms with van der Waals surface area (Å²) in [6.45, 7) is 7.62. The van der Waals surface area contributed by atoms with Gasteiger partial charge in [-0.3, -0.25) is 9.59 Å². The predicted octanol–water partition coefficient (Wildman–Crippen LogP) is 2.97. The van der Waals surface area contributed by atoms with Gasteiger partial charge in [0.15, 0.2) is 0 Å². The lowest BCUT2D eigenvalue weighted by Gasteiger charge is -2.67. The minimum Gasteiger partial charge on any atom is -0.469 e. The number of fused-ring (bicyclic) bond motifs is 4. The largest absolute Gasteiger partial charge is 0.469 e. The van der Waals surface area contributed by atoms with Gasteiger partial charge in [0.25, 0.3) is 0 Å². The molecule has 2 saturated carbocycles. The zero-order valence-corrected chi connectivity index (χ0v) is 16.9. The Hall–Kier alpha value is -1.82. The highest BCUT2D eigenvalue weighted by atomic mass is 16.6. The smallest absolute Gasteiger partial charge is 0.314 e. The molecule has 0 aromatic carbocycles. The van der Waals surface area contributed by atoms with E-state index < -0.39 is 22.5 Å². The SMILES string of the molecule is CC(=O)O[C@H]1CCC(C)(C)[C@]2(O)C[C@@H]3OC(=O)[C@@H]4c5ccoc5C[C@@H]([C@@H]34)[C@@]12C. The van der Waals surface area contributed by atoms with Gasteiger partial charge in [-0.25, -0.2) is 0 Å². The van der Waals surface area contributed by atoms with Gasteiger partial charge < -0.3 is 19.0 Å². The summed E-state index contributed by atoms with van der Waals surface area (Å²) in [4.78, 5) is 24.7. The molecule has 7 atom stereocenters. The summed E-state index contributed by atoms with van der Waals surface area (Å²) < 4.78 is 17.4.